The molecule has 0 amide bonds. The molecular formula is C22H20N2O2S. The Morgan fingerprint density at radius 3 is 2.70 bits per heavy atom. The molecule has 2 aromatic carbocycles. The third-order valence-electron chi connectivity index (χ3n) is 5.53. The summed E-state index contributed by atoms with van der Waals surface area (Å²) in [6, 6.07) is 16.9. The van der Waals surface area contributed by atoms with Crippen LogP contribution in [0.15, 0.2) is 52.9 Å². The van der Waals surface area contributed by atoms with Crippen molar-refractivity contribution >= 4 is 35.2 Å². The number of hydrogen-bond acceptors (Lipinski definition) is 4. The zero-order valence-corrected chi connectivity index (χ0v) is 15.9. The molecule has 1 heterocycles. The van der Waals surface area contributed by atoms with Crippen LogP contribution in [-0.4, -0.2) is 23.4 Å². The Kier molecular flexibility index (Phi) is 4.67. The van der Waals surface area contributed by atoms with Crippen LogP contribution in [0.5, 0.6) is 0 Å². The quantitative estimate of drug-likeness (QED) is 0.452. The first-order valence-electron chi connectivity index (χ1n) is 9.04. The fourth-order valence-electron chi connectivity index (χ4n) is 4.35. The van der Waals surface area contributed by atoms with Gasteiger partial charge in [0, 0.05) is 28.2 Å². The minimum absolute atomic E-state index is 0.236. The molecule has 1 aliphatic heterocycles. The number of hydrogen-bond donors (Lipinski definition) is 1. The van der Waals surface area contributed by atoms with E-state index in [-0.39, 0.29) is 5.57 Å². The number of benzene rings is 2. The highest BCUT2D eigenvalue weighted by Gasteiger charge is 2.42. The van der Waals surface area contributed by atoms with Crippen molar-refractivity contribution in [2.45, 2.75) is 36.1 Å². The molecule has 2 unspecified atom stereocenters. The van der Waals surface area contributed by atoms with Gasteiger partial charge in [0.15, 0.2) is 0 Å². The first-order valence-corrected chi connectivity index (χ1v) is 10.3. The molecular weight excluding hydrogens is 356 g/mol. The van der Waals surface area contributed by atoms with Crippen molar-refractivity contribution < 1.29 is 9.90 Å². The zero-order chi connectivity index (χ0) is 19.0. The first-order chi connectivity index (χ1) is 13.1. The van der Waals surface area contributed by atoms with Gasteiger partial charge >= 0.3 is 5.97 Å². The van der Waals surface area contributed by atoms with E-state index in [9.17, 15) is 4.79 Å². The van der Waals surface area contributed by atoms with Crippen LogP contribution in [0.3, 0.4) is 0 Å². The molecule has 0 radical (unpaired) electrons. The van der Waals surface area contributed by atoms with Crippen molar-refractivity contribution in [2.24, 2.45) is 0 Å². The lowest BCUT2D eigenvalue weighted by Crippen LogP contribution is -2.26. The molecule has 2 aliphatic rings. The molecule has 1 fully saturated rings. The molecule has 27 heavy (non-hydrogen) atoms. The third kappa shape index (κ3) is 3.11. The van der Waals surface area contributed by atoms with E-state index in [0.717, 1.165) is 18.4 Å². The number of rotatable bonds is 4. The van der Waals surface area contributed by atoms with Crippen LogP contribution >= 0.6 is 11.8 Å². The Balaban J connectivity index is 1.76. The topological polar surface area (TPSA) is 64.3 Å². The molecule has 5 heteroatoms. The number of aliphatic carboxylic acids is 1. The van der Waals surface area contributed by atoms with Gasteiger partial charge in [-0.2, -0.15) is 5.26 Å². The van der Waals surface area contributed by atoms with Gasteiger partial charge in [0.05, 0.1) is 0 Å². The van der Waals surface area contributed by atoms with E-state index in [4.69, 9.17) is 10.4 Å². The van der Waals surface area contributed by atoms with Crippen molar-refractivity contribution in [1.29, 1.82) is 5.26 Å². The summed E-state index contributed by atoms with van der Waals surface area (Å²) in [5, 5.41) is 18.1. The molecule has 0 spiro atoms. The van der Waals surface area contributed by atoms with Gasteiger partial charge in [0.1, 0.15) is 11.6 Å². The van der Waals surface area contributed by atoms with Gasteiger partial charge in [-0.05, 0) is 72.7 Å². The van der Waals surface area contributed by atoms with Crippen LogP contribution in [0, 0.1) is 11.3 Å². The smallest absolute Gasteiger partial charge is 0.346 e. The Bertz CT molecular complexity index is 959. The average Bonchev–Trinajstić information content (AvgIpc) is 3.26. The number of carboxylic acid groups (broad SMARTS) is 1. The SMILES string of the molecule is CSc1ccc(N2c3ccc(/C=C(\C#N)C(=O)O)cc3C3CCCC32)cc1. The molecule has 4 nitrogen and oxygen atoms in total. The molecule has 0 aromatic heterocycles. The van der Waals surface area contributed by atoms with E-state index in [1.54, 1.807) is 17.8 Å². The normalized spacial score (nSPS) is 20.9. The Labute approximate surface area is 163 Å². The lowest BCUT2D eigenvalue weighted by atomic mass is 9.95. The van der Waals surface area contributed by atoms with Gasteiger partial charge in [-0.25, -0.2) is 4.79 Å². The second kappa shape index (κ2) is 7.13. The summed E-state index contributed by atoms with van der Waals surface area (Å²) in [5.74, 6) is -0.726. The van der Waals surface area contributed by atoms with E-state index in [1.807, 2.05) is 6.07 Å². The largest absolute Gasteiger partial charge is 0.477 e. The number of anilines is 2. The van der Waals surface area contributed by atoms with E-state index in [1.165, 1.54) is 34.3 Å². The van der Waals surface area contributed by atoms with Gasteiger partial charge in [0.25, 0.3) is 0 Å². The number of thioether (sulfide) groups is 1. The summed E-state index contributed by atoms with van der Waals surface area (Å²) < 4.78 is 0. The van der Waals surface area contributed by atoms with Crippen molar-refractivity contribution in [2.75, 3.05) is 11.2 Å². The van der Waals surface area contributed by atoms with Crippen molar-refractivity contribution in [3.8, 4) is 6.07 Å². The Morgan fingerprint density at radius 1 is 1.26 bits per heavy atom. The highest BCUT2D eigenvalue weighted by Crippen LogP contribution is 2.52. The molecule has 0 bridgehead atoms. The van der Waals surface area contributed by atoms with Crippen LogP contribution < -0.4 is 4.90 Å². The third-order valence-corrected chi connectivity index (χ3v) is 6.28. The maximum absolute atomic E-state index is 11.1. The summed E-state index contributed by atoms with van der Waals surface area (Å²) in [7, 11) is 0. The lowest BCUT2D eigenvalue weighted by molar-refractivity contribution is -0.132. The van der Waals surface area contributed by atoms with Crippen LogP contribution in [0.25, 0.3) is 6.08 Å². The summed E-state index contributed by atoms with van der Waals surface area (Å²) in [4.78, 5) is 14.8. The van der Waals surface area contributed by atoms with Crippen LogP contribution in [0.1, 0.15) is 36.3 Å². The maximum Gasteiger partial charge on any atom is 0.346 e. The molecule has 4 rings (SSSR count). The van der Waals surface area contributed by atoms with Crippen LogP contribution in [0.4, 0.5) is 11.4 Å². The maximum atomic E-state index is 11.1. The van der Waals surface area contributed by atoms with Crippen molar-refractivity contribution in [3.05, 3.63) is 59.2 Å². The summed E-state index contributed by atoms with van der Waals surface area (Å²) >= 11 is 1.74. The number of nitrogens with zero attached hydrogens (tertiary/aromatic N) is 2. The van der Waals surface area contributed by atoms with E-state index < -0.39 is 5.97 Å². The predicted molar refractivity (Wildman–Crippen MR) is 108 cm³/mol. The molecule has 2 aromatic rings. The predicted octanol–water partition coefficient (Wildman–Crippen LogP) is 5.19. The van der Waals surface area contributed by atoms with Crippen LogP contribution in [-0.2, 0) is 4.79 Å². The number of carbonyl (C=O) groups is 1. The van der Waals surface area contributed by atoms with Gasteiger partial charge in [-0.3, -0.25) is 0 Å². The van der Waals surface area contributed by atoms with Crippen LogP contribution in [0.2, 0.25) is 0 Å². The first kappa shape index (κ1) is 17.7. The molecule has 1 saturated carbocycles. The number of carboxylic acids is 1. The second-order valence-electron chi connectivity index (χ2n) is 6.97. The highest BCUT2D eigenvalue weighted by atomic mass is 32.2. The fourth-order valence-corrected chi connectivity index (χ4v) is 4.76. The minimum atomic E-state index is -1.19. The van der Waals surface area contributed by atoms with Gasteiger partial charge in [-0.1, -0.05) is 12.5 Å². The molecule has 136 valence electrons. The highest BCUT2D eigenvalue weighted by molar-refractivity contribution is 7.98. The number of fused-ring (bicyclic) bond motifs is 3. The van der Waals surface area contributed by atoms with Crippen molar-refractivity contribution in [3.63, 3.8) is 0 Å². The standard InChI is InChI=1S/C22H20N2O2S/c1-27-17-8-6-16(7-9-17)24-20-4-2-3-18(20)19-12-14(5-10-21(19)24)11-15(13-23)22(25)26/h5-12,18,20H,2-4H2,1H3,(H,25,26)/b15-11+. The average molecular weight is 376 g/mol. The number of nitriles is 1. The zero-order valence-electron chi connectivity index (χ0n) is 15.1. The summed E-state index contributed by atoms with van der Waals surface area (Å²) in [5.41, 5.74) is 4.21. The van der Waals surface area contributed by atoms with Gasteiger partial charge in [-0.15, -0.1) is 11.8 Å². The van der Waals surface area contributed by atoms with Crippen molar-refractivity contribution in [1.82, 2.24) is 0 Å². The summed E-state index contributed by atoms with van der Waals surface area (Å²) in [6.45, 7) is 0. The second-order valence-corrected chi connectivity index (χ2v) is 7.85. The molecule has 1 aliphatic carbocycles. The van der Waals surface area contributed by atoms with E-state index in [2.05, 4.69) is 47.6 Å². The molecule has 1 N–H and O–H groups in total. The fraction of sp³-hybridized carbons (Fsp3) is 0.273. The minimum Gasteiger partial charge on any atom is -0.477 e. The van der Waals surface area contributed by atoms with E-state index in [0.29, 0.717) is 12.0 Å². The lowest BCUT2D eigenvalue weighted by Gasteiger charge is -2.27. The molecule has 0 saturated heterocycles. The Hall–Kier alpha value is -2.71. The van der Waals surface area contributed by atoms with Gasteiger partial charge in [0.2, 0.25) is 0 Å². The molecule has 2 atom stereocenters. The van der Waals surface area contributed by atoms with E-state index >= 15 is 0 Å². The summed E-state index contributed by atoms with van der Waals surface area (Å²) in [6.07, 6.45) is 7.05. The van der Waals surface area contributed by atoms with Gasteiger partial charge < -0.3 is 10.0 Å². The monoisotopic (exact) mass is 376 g/mol. The Morgan fingerprint density at radius 2 is 2.04 bits per heavy atom.